The molecule has 3 atom stereocenters. The molecule has 7 nitrogen and oxygen atoms in total. The van der Waals surface area contributed by atoms with Crippen LogP contribution in [0.4, 0.5) is 0 Å². The molecule has 0 saturated carbocycles. The van der Waals surface area contributed by atoms with Crippen molar-refractivity contribution in [3.8, 4) is 0 Å². The van der Waals surface area contributed by atoms with Crippen LogP contribution in [-0.4, -0.2) is 33.5 Å². The van der Waals surface area contributed by atoms with Crippen LogP contribution < -0.4 is 5.32 Å². The van der Waals surface area contributed by atoms with Crippen molar-refractivity contribution in [2.45, 2.75) is 44.8 Å². The average Bonchev–Trinajstić information content (AvgIpc) is 3.26. The molecule has 3 heterocycles. The maximum absolute atomic E-state index is 12.4. The molecule has 1 amide bonds. The van der Waals surface area contributed by atoms with E-state index in [4.69, 9.17) is 9.26 Å². The van der Waals surface area contributed by atoms with E-state index in [-0.39, 0.29) is 29.7 Å². The number of amides is 1. The zero-order valence-corrected chi connectivity index (χ0v) is 13.7. The van der Waals surface area contributed by atoms with Crippen LogP contribution >= 0.6 is 0 Å². The molecule has 1 aliphatic rings. The lowest BCUT2D eigenvalue weighted by atomic mass is 10.0. The molecule has 0 radical (unpaired) electrons. The summed E-state index contributed by atoms with van der Waals surface area (Å²) < 4.78 is 12.7. The van der Waals surface area contributed by atoms with Gasteiger partial charge in [0.15, 0.2) is 0 Å². The SMILES string of the molecule is CC[C@H](C)c1cc(C(=O)N[C@H]2CCO[C@@H]2c2cnn(C)c2)on1. The summed E-state index contributed by atoms with van der Waals surface area (Å²) in [5.41, 5.74) is 1.78. The van der Waals surface area contributed by atoms with Gasteiger partial charge in [0.25, 0.3) is 5.91 Å². The molecule has 0 aromatic carbocycles. The number of ether oxygens (including phenoxy) is 1. The molecule has 0 unspecified atom stereocenters. The third-order valence-corrected chi connectivity index (χ3v) is 4.33. The van der Waals surface area contributed by atoms with E-state index >= 15 is 0 Å². The Hall–Kier alpha value is -2.15. The monoisotopic (exact) mass is 318 g/mol. The lowest BCUT2D eigenvalue weighted by Crippen LogP contribution is -2.36. The number of carbonyl (C=O) groups is 1. The highest BCUT2D eigenvalue weighted by Crippen LogP contribution is 2.29. The molecule has 1 N–H and O–H groups in total. The zero-order valence-electron chi connectivity index (χ0n) is 13.7. The van der Waals surface area contributed by atoms with E-state index < -0.39 is 0 Å². The van der Waals surface area contributed by atoms with Gasteiger partial charge in [0.05, 0.1) is 17.9 Å². The minimum atomic E-state index is -0.253. The molecule has 124 valence electrons. The van der Waals surface area contributed by atoms with Crippen LogP contribution in [0.2, 0.25) is 0 Å². The van der Waals surface area contributed by atoms with Crippen molar-refractivity contribution < 1.29 is 14.1 Å². The van der Waals surface area contributed by atoms with Gasteiger partial charge in [-0.25, -0.2) is 0 Å². The summed E-state index contributed by atoms with van der Waals surface area (Å²) in [5.74, 6) is 0.270. The van der Waals surface area contributed by atoms with E-state index in [9.17, 15) is 4.79 Å². The Balaban J connectivity index is 1.68. The Labute approximate surface area is 135 Å². The first-order valence-electron chi connectivity index (χ1n) is 7.96. The summed E-state index contributed by atoms with van der Waals surface area (Å²) in [6, 6.07) is 1.63. The van der Waals surface area contributed by atoms with Gasteiger partial charge in [0, 0.05) is 37.4 Å². The van der Waals surface area contributed by atoms with Crippen LogP contribution in [0.3, 0.4) is 0 Å². The second-order valence-corrected chi connectivity index (χ2v) is 6.03. The minimum Gasteiger partial charge on any atom is -0.371 e. The van der Waals surface area contributed by atoms with Gasteiger partial charge in [-0.3, -0.25) is 9.48 Å². The molecule has 2 aromatic rings. The molecule has 2 aromatic heterocycles. The summed E-state index contributed by atoms with van der Waals surface area (Å²) in [4.78, 5) is 12.4. The number of nitrogens with zero attached hydrogens (tertiary/aromatic N) is 3. The molecule has 23 heavy (non-hydrogen) atoms. The van der Waals surface area contributed by atoms with Crippen molar-refractivity contribution in [3.63, 3.8) is 0 Å². The fourth-order valence-electron chi connectivity index (χ4n) is 2.73. The lowest BCUT2D eigenvalue weighted by molar-refractivity contribution is 0.0794. The molecule has 3 rings (SSSR count). The molecule has 0 aliphatic carbocycles. The standard InChI is InChI=1S/C16H22N4O3/c1-4-10(2)13-7-14(23-19-13)16(21)18-12-5-6-22-15(12)11-8-17-20(3)9-11/h7-10,12,15H,4-6H2,1-3H3,(H,18,21)/t10-,12-,15+/m0/s1. The van der Waals surface area contributed by atoms with E-state index in [1.807, 2.05) is 13.2 Å². The number of hydrogen-bond acceptors (Lipinski definition) is 5. The van der Waals surface area contributed by atoms with Crippen molar-refractivity contribution in [3.05, 3.63) is 35.5 Å². The molecule has 7 heteroatoms. The first kappa shape index (κ1) is 15.7. The Morgan fingerprint density at radius 3 is 3.09 bits per heavy atom. The fraction of sp³-hybridized carbons (Fsp3) is 0.562. The van der Waals surface area contributed by atoms with Gasteiger partial charge in [0.2, 0.25) is 5.76 Å². The number of nitrogens with one attached hydrogen (secondary N) is 1. The summed E-state index contributed by atoms with van der Waals surface area (Å²) in [5, 5.41) is 11.1. The maximum Gasteiger partial charge on any atom is 0.290 e. The predicted molar refractivity (Wildman–Crippen MR) is 83.0 cm³/mol. The topological polar surface area (TPSA) is 82.2 Å². The second-order valence-electron chi connectivity index (χ2n) is 6.03. The molecule has 1 fully saturated rings. The van der Waals surface area contributed by atoms with Crippen LogP contribution in [0, 0.1) is 0 Å². The van der Waals surface area contributed by atoms with Crippen LogP contribution in [0.25, 0.3) is 0 Å². The van der Waals surface area contributed by atoms with E-state index in [1.165, 1.54) is 0 Å². The molecule has 1 aliphatic heterocycles. The van der Waals surface area contributed by atoms with Crippen molar-refractivity contribution >= 4 is 5.91 Å². The van der Waals surface area contributed by atoms with Gasteiger partial charge in [0.1, 0.15) is 6.10 Å². The first-order chi connectivity index (χ1) is 11.1. The Kier molecular flexibility index (Phi) is 4.47. The third-order valence-electron chi connectivity index (χ3n) is 4.33. The van der Waals surface area contributed by atoms with Crippen molar-refractivity contribution in [1.29, 1.82) is 0 Å². The van der Waals surface area contributed by atoms with E-state index in [0.717, 1.165) is 24.1 Å². The molecule has 0 bridgehead atoms. The molecule has 0 spiro atoms. The highest BCUT2D eigenvalue weighted by molar-refractivity contribution is 5.91. The van der Waals surface area contributed by atoms with Gasteiger partial charge in [-0.15, -0.1) is 0 Å². The van der Waals surface area contributed by atoms with Crippen LogP contribution in [0.1, 0.15) is 60.5 Å². The first-order valence-corrected chi connectivity index (χ1v) is 7.96. The van der Waals surface area contributed by atoms with E-state index in [0.29, 0.717) is 6.61 Å². The Morgan fingerprint density at radius 2 is 2.39 bits per heavy atom. The number of rotatable bonds is 5. The highest BCUT2D eigenvalue weighted by atomic mass is 16.5. The van der Waals surface area contributed by atoms with Crippen LogP contribution in [0.5, 0.6) is 0 Å². The zero-order chi connectivity index (χ0) is 16.4. The smallest absolute Gasteiger partial charge is 0.290 e. The summed E-state index contributed by atoms with van der Waals surface area (Å²) >= 11 is 0. The maximum atomic E-state index is 12.4. The number of hydrogen-bond donors (Lipinski definition) is 1. The molecular weight excluding hydrogens is 296 g/mol. The van der Waals surface area contributed by atoms with Crippen LogP contribution in [-0.2, 0) is 11.8 Å². The lowest BCUT2D eigenvalue weighted by Gasteiger charge is -2.17. The van der Waals surface area contributed by atoms with Gasteiger partial charge in [-0.2, -0.15) is 5.10 Å². The number of carbonyl (C=O) groups excluding carboxylic acids is 1. The van der Waals surface area contributed by atoms with Crippen molar-refractivity contribution in [2.75, 3.05) is 6.61 Å². The van der Waals surface area contributed by atoms with Crippen LogP contribution in [0.15, 0.2) is 23.0 Å². The van der Waals surface area contributed by atoms with Crippen molar-refractivity contribution in [2.24, 2.45) is 7.05 Å². The number of aryl methyl sites for hydroxylation is 1. The Morgan fingerprint density at radius 1 is 1.57 bits per heavy atom. The summed E-state index contributed by atoms with van der Waals surface area (Å²) in [6.45, 7) is 4.75. The van der Waals surface area contributed by atoms with Gasteiger partial charge < -0.3 is 14.6 Å². The third kappa shape index (κ3) is 3.29. The summed E-state index contributed by atoms with van der Waals surface area (Å²) in [7, 11) is 1.86. The normalized spacial score (nSPS) is 22.2. The Bertz CT molecular complexity index is 678. The van der Waals surface area contributed by atoms with Crippen molar-refractivity contribution in [1.82, 2.24) is 20.3 Å². The quantitative estimate of drug-likeness (QED) is 0.913. The van der Waals surface area contributed by atoms with Gasteiger partial charge in [-0.05, 0) is 12.8 Å². The number of aromatic nitrogens is 3. The molecular formula is C16H22N4O3. The van der Waals surface area contributed by atoms with Gasteiger partial charge in [-0.1, -0.05) is 19.0 Å². The van der Waals surface area contributed by atoms with E-state index in [1.54, 1.807) is 16.9 Å². The largest absolute Gasteiger partial charge is 0.371 e. The van der Waals surface area contributed by atoms with E-state index in [2.05, 4.69) is 29.4 Å². The summed E-state index contributed by atoms with van der Waals surface area (Å²) in [6.07, 6.45) is 5.21. The van der Waals surface area contributed by atoms with Gasteiger partial charge >= 0.3 is 0 Å². The fourth-order valence-corrected chi connectivity index (χ4v) is 2.73. The second kappa shape index (κ2) is 6.54. The molecule has 1 saturated heterocycles. The predicted octanol–water partition coefficient (Wildman–Crippen LogP) is 2.18. The highest BCUT2D eigenvalue weighted by Gasteiger charge is 2.32. The average molecular weight is 318 g/mol. The minimum absolute atomic E-state index is 0.0937.